The van der Waals surface area contributed by atoms with Crippen molar-refractivity contribution in [3.63, 3.8) is 0 Å². The van der Waals surface area contributed by atoms with E-state index in [4.69, 9.17) is 4.98 Å². The average Bonchev–Trinajstić information content (AvgIpc) is 3.85. The minimum atomic E-state index is -4.65. The zero-order valence-corrected chi connectivity index (χ0v) is 28.1. The highest BCUT2D eigenvalue weighted by Crippen LogP contribution is 2.43. The van der Waals surface area contributed by atoms with Gasteiger partial charge in [-0.15, -0.1) is 0 Å². The summed E-state index contributed by atoms with van der Waals surface area (Å²) in [7, 11) is 3.67. The maximum atomic E-state index is 14.7. The van der Waals surface area contributed by atoms with Gasteiger partial charge < -0.3 is 19.3 Å². The van der Waals surface area contributed by atoms with Crippen LogP contribution >= 0.6 is 0 Å². The van der Waals surface area contributed by atoms with Crippen LogP contribution < -0.4 is 9.80 Å². The Hall–Kier alpha value is -4.71. The first-order chi connectivity index (χ1) is 23.5. The van der Waals surface area contributed by atoms with Crippen molar-refractivity contribution >= 4 is 28.2 Å². The number of aromatic nitrogens is 5. The van der Waals surface area contributed by atoms with Gasteiger partial charge in [0.2, 0.25) is 0 Å². The second kappa shape index (κ2) is 11.7. The number of anilines is 2. The molecule has 9 nitrogen and oxygen atoms in total. The van der Waals surface area contributed by atoms with Crippen LogP contribution in [-0.4, -0.2) is 74.9 Å². The molecule has 0 unspecified atom stereocenters. The highest BCUT2D eigenvalue weighted by atomic mass is 19.4. The lowest BCUT2D eigenvalue weighted by Gasteiger charge is -2.32. The molecule has 49 heavy (non-hydrogen) atoms. The number of nitrogens with zero attached hydrogens (tertiary/aromatic N) is 8. The van der Waals surface area contributed by atoms with Gasteiger partial charge in [0.15, 0.2) is 5.69 Å². The molecule has 254 valence electrons. The van der Waals surface area contributed by atoms with Crippen LogP contribution in [0, 0.1) is 18.8 Å². The molecule has 2 saturated heterocycles. The number of pyridine rings is 1. The minimum Gasteiger partial charge on any atom is -0.369 e. The Morgan fingerprint density at radius 2 is 1.67 bits per heavy atom. The fourth-order valence-corrected chi connectivity index (χ4v) is 8.28. The number of imidazole rings is 1. The summed E-state index contributed by atoms with van der Waals surface area (Å²) in [6, 6.07) is 9.98. The third-order valence-corrected chi connectivity index (χ3v) is 10.5. The molecule has 0 spiro atoms. The first-order valence-electron chi connectivity index (χ1n) is 16.9. The van der Waals surface area contributed by atoms with Crippen molar-refractivity contribution < 1.29 is 18.0 Å². The predicted octanol–water partition coefficient (Wildman–Crippen LogP) is 5.97. The number of halogens is 3. The molecule has 12 heteroatoms. The summed E-state index contributed by atoms with van der Waals surface area (Å²) in [5.41, 5.74) is 5.89. The maximum Gasteiger partial charge on any atom is 0.435 e. The number of benzene rings is 2. The van der Waals surface area contributed by atoms with Crippen LogP contribution in [0.5, 0.6) is 0 Å². The lowest BCUT2D eigenvalue weighted by Crippen LogP contribution is -2.38. The first-order valence-corrected chi connectivity index (χ1v) is 16.9. The molecule has 0 N–H and O–H groups in total. The Morgan fingerprint density at radius 1 is 0.918 bits per heavy atom. The fraction of sp³-hybridized carbons (Fsp3) is 0.405. The summed E-state index contributed by atoms with van der Waals surface area (Å²) in [5.74, 6) is 1.01. The van der Waals surface area contributed by atoms with Gasteiger partial charge in [0.25, 0.3) is 5.91 Å². The van der Waals surface area contributed by atoms with Gasteiger partial charge in [0, 0.05) is 87.1 Å². The van der Waals surface area contributed by atoms with Crippen LogP contribution in [0.2, 0.25) is 0 Å². The topological polar surface area (TPSA) is 75.3 Å². The summed E-state index contributed by atoms with van der Waals surface area (Å²) < 4.78 is 45.8. The number of rotatable bonds is 6. The van der Waals surface area contributed by atoms with Gasteiger partial charge in [-0.3, -0.25) is 14.5 Å². The fourth-order valence-electron chi connectivity index (χ4n) is 8.28. The van der Waals surface area contributed by atoms with Gasteiger partial charge in [0.05, 0.1) is 23.2 Å². The van der Waals surface area contributed by atoms with E-state index in [9.17, 15) is 18.0 Å². The van der Waals surface area contributed by atoms with Crippen LogP contribution in [0.3, 0.4) is 0 Å². The van der Waals surface area contributed by atoms with E-state index >= 15 is 0 Å². The van der Waals surface area contributed by atoms with Crippen molar-refractivity contribution in [3.8, 4) is 11.1 Å². The van der Waals surface area contributed by atoms with Gasteiger partial charge >= 0.3 is 6.18 Å². The quantitative estimate of drug-likeness (QED) is 0.222. The Kier molecular flexibility index (Phi) is 7.54. The highest BCUT2D eigenvalue weighted by Gasteiger charge is 2.41. The van der Waals surface area contributed by atoms with E-state index in [-0.39, 0.29) is 11.5 Å². The summed E-state index contributed by atoms with van der Waals surface area (Å²) in [6.07, 6.45) is 3.06. The van der Waals surface area contributed by atoms with Crippen molar-refractivity contribution in [3.05, 3.63) is 88.9 Å². The molecule has 3 aliphatic rings. The number of fused-ring (bicyclic) bond motifs is 3. The number of amides is 1. The Morgan fingerprint density at radius 3 is 2.37 bits per heavy atom. The van der Waals surface area contributed by atoms with Gasteiger partial charge in [0.1, 0.15) is 0 Å². The molecule has 8 rings (SSSR count). The molecule has 0 saturated carbocycles. The van der Waals surface area contributed by atoms with Crippen LogP contribution in [-0.2, 0) is 32.6 Å². The van der Waals surface area contributed by atoms with Crippen molar-refractivity contribution in [1.29, 1.82) is 0 Å². The van der Waals surface area contributed by atoms with E-state index in [2.05, 4.69) is 46.0 Å². The van der Waals surface area contributed by atoms with Crippen molar-refractivity contribution in [1.82, 2.24) is 29.2 Å². The average molecular weight is 669 g/mol. The number of aryl methyl sites for hydroxylation is 3. The summed E-state index contributed by atoms with van der Waals surface area (Å²) in [6.45, 7) is 8.93. The van der Waals surface area contributed by atoms with Crippen LogP contribution in [0.1, 0.15) is 45.4 Å². The smallest absolute Gasteiger partial charge is 0.369 e. The van der Waals surface area contributed by atoms with E-state index < -0.39 is 11.9 Å². The zero-order chi connectivity index (χ0) is 34.2. The number of hydrogen-bond donors (Lipinski definition) is 0. The largest absolute Gasteiger partial charge is 0.435 e. The lowest BCUT2D eigenvalue weighted by molar-refractivity contribution is -0.140. The molecule has 6 heterocycles. The first kappa shape index (κ1) is 31.6. The third kappa shape index (κ3) is 5.55. The van der Waals surface area contributed by atoms with Gasteiger partial charge in [-0.1, -0.05) is 6.92 Å². The van der Waals surface area contributed by atoms with Crippen molar-refractivity contribution in [2.24, 2.45) is 18.9 Å². The van der Waals surface area contributed by atoms with Gasteiger partial charge in [-0.05, 0) is 91.2 Å². The van der Waals surface area contributed by atoms with Crippen LogP contribution in [0.25, 0.3) is 22.0 Å². The van der Waals surface area contributed by atoms with Crippen molar-refractivity contribution in [2.45, 2.75) is 39.4 Å². The molecule has 5 aromatic rings. The Bertz CT molecular complexity index is 2070. The van der Waals surface area contributed by atoms with Crippen LogP contribution in [0.15, 0.2) is 55.2 Å². The van der Waals surface area contributed by atoms with E-state index in [0.717, 1.165) is 60.6 Å². The molecule has 0 bridgehead atoms. The molecule has 0 radical (unpaired) electrons. The van der Waals surface area contributed by atoms with E-state index in [0.29, 0.717) is 53.6 Å². The number of hydrogen-bond acceptors (Lipinski definition) is 6. The molecule has 1 amide bonds. The molecule has 3 aliphatic heterocycles. The lowest BCUT2D eigenvalue weighted by atomic mass is 9.87. The van der Waals surface area contributed by atoms with Gasteiger partial charge in [-0.2, -0.15) is 18.3 Å². The SMILES string of the molecule is CCc1cc(N2C[C@H]3CN(C)C[C@H]3C2)c2nc(C)cc(N3CCc4c(cc(Cn5ccnc5)cc4-c4cn(C)nc4C(F)(F)F)C3=O)c2c1. The summed E-state index contributed by atoms with van der Waals surface area (Å²) in [4.78, 5) is 30.6. The standard InChI is InChI=1S/C37H39F3N8O/c1-5-23-11-30-32(10-22(2)42-34(30)33(14-23)47-18-25-16-44(3)17-26(25)19-47)48-8-6-27-28(31-20-45(4)43-35(31)37(38,39)40)12-24(13-29(27)36(48)49)15-46-9-7-41-21-46/h7,9-14,20-21,25-26H,5-6,8,15-19H2,1-4H3/t25-,26+. The molecular formula is C37H39F3N8O. The number of likely N-dealkylation sites (tertiary alicyclic amines) is 1. The summed E-state index contributed by atoms with van der Waals surface area (Å²) in [5, 5.41) is 4.71. The second-order valence-corrected chi connectivity index (χ2v) is 14.0. The number of carbonyl (C=O) groups excluding carboxylic acids is 1. The molecule has 2 aromatic carbocycles. The number of alkyl halides is 3. The molecule has 2 atom stereocenters. The van der Waals surface area contributed by atoms with Crippen LogP contribution in [0.4, 0.5) is 24.5 Å². The van der Waals surface area contributed by atoms with E-state index in [1.54, 1.807) is 29.7 Å². The highest BCUT2D eigenvalue weighted by molar-refractivity contribution is 6.14. The molecular weight excluding hydrogens is 629 g/mol. The second-order valence-electron chi connectivity index (χ2n) is 14.0. The number of carbonyl (C=O) groups is 1. The molecule has 0 aliphatic carbocycles. The normalized spacial score (nSPS) is 19.7. The summed E-state index contributed by atoms with van der Waals surface area (Å²) >= 11 is 0. The Balaban J connectivity index is 1.25. The Labute approximate surface area is 283 Å². The predicted molar refractivity (Wildman–Crippen MR) is 183 cm³/mol. The molecule has 2 fully saturated rings. The van der Waals surface area contributed by atoms with Crippen molar-refractivity contribution in [2.75, 3.05) is 49.6 Å². The minimum absolute atomic E-state index is 0.0241. The molecule has 3 aromatic heterocycles. The zero-order valence-electron chi connectivity index (χ0n) is 28.1. The maximum absolute atomic E-state index is 14.7. The van der Waals surface area contributed by atoms with Gasteiger partial charge in [-0.25, -0.2) is 4.98 Å². The monoisotopic (exact) mass is 668 g/mol. The van der Waals surface area contributed by atoms with E-state index in [1.807, 2.05) is 23.6 Å². The van der Waals surface area contributed by atoms with E-state index in [1.165, 1.54) is 23.5 Å². The third-order valence-electron chi connectivity index (χ3n) is 10.5.